The average molecular weight is 306 g/mol. The predicted molar refractivity (Wildman–Crippen MR) is 82.8 cm³/mol. The number of benzene rings is 1. The molecular formula is C14H14N2O2S2. The molecule has 0 atom stereocenters. The molecular weight excluding hydrogens is 292 g/mol. The monoisotopic (exact) mass is 306 g/mol. The zero-order chi connectivity index (χ0) is 14.2. The zero-order valence-electron chi connectivity index (χ0n) is 10.9. The van der Waals surface area contributed by atoms with Gasteiger partial charge in [-0.05, 0) is 30.7 Å². The van der Waals surface area contributed by atoms with Crippen molar-refractivity contribution in [1.29, 1.82) is 0 Å². The number of H-pyrrole nitrogens is 1. The lowest BCUT2D eigenvalue weighted by Gasteiger charge is -2.07. The first-order valence-corrected chi connectivity index (χ1v) is 8.58. The molecule has 6 heteroatoms. The van der Waals surface area contributed by atoms with Crippen LogP contribution in [0.15, 0.2) is 46.8 Å². The molecule has 0 aliphatic rings. The van der Waals surface area contributed by atoms with Crippen LogP contribution in [0.1, 0.15) is 11.8 Å². The standard InChI is InChI=1S/C14H14N2O2S2/c1-2-11-6-7-13(19-11)20(17,18)16-12-5-3-4-10-8-9-15-14(10)12/h3-9,15-16H,2H2,1H3. The van der Waals surface area contributed by atoms with Gasteiger partial charge in [0.15, 0.2) is 0 Å². The second kappa shape index (κ2) is 4.96. The van der Waals surface area contributed by atoms with Gasteiger partial charge in [-0.1, -0.05) is 19.1 Å². The van der Waals surface area contributed by atoms with E-state index in [2.05, 4.69) is 9.71 Å². The third-order valence-corrected chi connectivity index (χ3v) is 6.17. The maximum atomic E-state index is 12.4. The highest BCUT2D eigenvalue weighted by Gasteiger charge is 2.18. The van der Waals surface area contributed by atoms with Gasteiger partial charge in [-0.25, -0.2) is 8.42 Å². The summed E-state index contributed by atoms with van der Waals surface area (Å²) in [6.45, 7) is 2.01. The summed E-state index contributed by atoms with van der Waals surface area (Å²) in [5, 5.41) is 0.977. The van der Waals surface area contributed by atoms with Gasteiger partial charge in [0.1, 0.15) is 4.21 Å². The van der Waals surface area contributed by atoms with Gasteiger partial charge in [0.2, 0.25) is 0 Å². The predicted octanol–water partition coefficient (Wildman–Crippen LogP) is 3.59. The summed E-state index contributed by atoms with van der Waals surface area (Å²) in [5.74, 6) is 0. The van der Waals surface area contributed by atoms with Crippen molar-refractivity contribution in [2.24, 2.45) is 0 Å². The van der Waals surface area contributed by atoms with E-state index in [9.17, 15) is 8.42 Å². The van der Waals surface area contributed by atoms with Gasteiger partial charge in [-0.2, -0.15) is 0 Å². The maximum Gasteiger partial charge on any atom is 0.271 e. The summed E-state index contributed by atoms with van der Waals surface area (Å²) < 4.78 is 27.8. The normalized spacial score (nSPS) is 11.8. The second-order valence-electron chi connectivity index (χ2n) is 4.43. The van der Waals surface area contributed by atoms with Crippen molar-refractivity contribution in [3.63, 3.8) is 0 Å². The minimum atomic E-state index is -3.52. The average Bonchev–Trinajstić information content (AvgIpc) is 3.08. The Morgan fingerprint density at radius 1 is 1.20 bits per heavy atom. The van der Waals surface area contributed by atoms with Gasteiger partial charge in [-0.15, -0.1) is 11.3 Å². The van der Waals surface area contributed by atoms with Crippen LogP contribution < -0.4 is 4.72 Å². The van der Waals surface area contributed by atoms with Crippen LogP contribution >= 0.6 is 11.3 Å². The third kappa shape index (κ3) is 2.32. The van der Waals surface area contributed by atoms with Gasteiger partial charge in [0, 0.05) is 16.5 Å². The van der Waals surface area contributed by atoms with Crippen LogP contribution in [0, 0.1) is 0 Å². The minimum Gasteiger partial charge on any atom is -0.359 e. The molecule has 4 nitrogen and oxygen atoms in total. The van der Waals surface area contributed by atoms with Crippen LogP contribution in [0.3, 0.4) is 0 Å². The van der Waals surface area contributed by atoms with E-state index in [1.54, 1.807) is 18.3 Å². The highest BCUT2D eigenvalue weighted by Crippen LogP contribution is 2.27. The van der Waals surface area contributed by atoms with Crippen molar-refractivity contribution in [3.05, 3.63) is 47.5 Å². The Balaban J connectivity index is 1.99. The molecule has 0 aliphatic heterocycles. The summed E-state index contributed by atoms with van der Waals surface area (Å²) >= 11 is 1.31. The number of nitrogens with one attached hydrogen (secondary N) is 2. The fraction of sp³-hybridized carbons (Fsp3) is 0.143. The van der Waals surface area contributed by atoms with Crippen LogP contribution in [0.25, 0.3) is 10.9 Å². The number of rotatable bonds is 4. The molecule has 0 saturated heterocycles. The molecule has 0 fully saturated rings. The lowest BCUT2D eigenvalue weighted by molar-refractivity contribution is 0.603. The second-order valence-corrected chi connectivity index (χ2v) is 7.50. The van der Waals surface area contributed by atoms with Crippen molar-refractivity contribution < 1.29 is 8.42 Å². The Morgan fingerprint density at radius 2 is 2.05 bits per heavy atom. The van der Waals surface area contributed by atoms with Crippen molar-refractivity contribution in [3.8, 4) is 0 Å². The number of anilines is 1. The molecule has 3 aromatic rings. The summed E-state index contributed by atoms with van der Waals surface area (Å²) in [4.78, 5) is 4.11. The van der Waals surface area contributed by atoms with E-state index >= 15 is 0 Å². The largest absolute Gasteiger partial charge is 0.359 e. The molecule has 0 spiro atoms. The van der Waals surface area contributed by atoms with E-state index in [0.29, 0.717) is 9.90 Å². The fourth-order valence-electron chi connectivity index (χ4n) is 2.06. The molecule has 1 aromatic carbocycles. The van der Waals surface area contributed by atoms with Crippen molar-refractivity contribution in [2.45, 2.75) is 17.6 Å². The molecule has 3 rings (SSSR count). The lowest BCUT2D eigenvalue weighted by Crippen LogP contribution is -2.11. The Hall–Kier alpha value is -1.79. The van der Waals surface area contributed by atoms with E-state index in [0.717, 1.165) is 22.2 Å². The Morgan fingerprint density at radius 3 is 2.80 bits per heavy atom. The van der Waals surface area contributed by atoms with Crippen LogP contribution in [-0.4, -0.2) is 13.4 Å². The van der Waals surface area contributed by atoms with Gasteiger partial charge in [-0.3, -0.25) is 4.72 Å². The molecule has 0 unspecified atom stereocenters. The van der Waals surface area contributed by atoms with E-state index in [1.165, 1.54) is 11.3 Å². The van der Waals surface area contributed by atoms with Crippen molar-refractivity contribution >= 4 is 38.0 Å². The number of aromatic nitrogens is 1. The topological polar surface area (TPSA) is 62.0 Å². The molecule has 2 heterocycles. The summed E-state index contributed by atoms with van der Waals surface area (Å²) in [6, 6.07) is 10.9. The first-order valence-electron chi connectivity index (χ1n) is 6.28. The molecule has 2 N–H and O–H groups in total. The minimum absolute atomic E-state index is 0.345. The number of para-hydroxylation sites is 1. The van der Waals surface area contributed by atoms with E-state index in [1.807, 2.05) is 31.2 Å². The fourth-order valence-corrected chi connectivity index (χ4v) is 4.42. The molecule has 0 radical (unpaired) electrons. The Labute approximate surface area is 121 Å². The first-order chi connectivity index (χ1) is 9.60. The van der Waals surface area contributed by atoms with E-state index in [-0.39, 0.29) is 0 Å². The highest BCUT2D eigenvalue weighted by atomic mass is 32.2. The number of fused-ring (bicyclic) bond motifs is 1. The van der Waals surface area contributed by atoms with Gasteiger partial charge >= 0.3 is 0 Å². The molecule has 0 aliphatic carbocycles. The molecule has 20 heavy (non-hydrogen) atoms. The summed E-state index contributed by atoms with van der Waals surface area (Å²) in [5.41, 5.74) is 1.36. The number of aromatic amines is 1. The van der Waals surface area contributed by atoms with Gasteiger partial charge < -0.3 is 4.98 Å². The smallest absolute Gasteiger partial charge is 0.271 e. The maximum absolute atomic E-state index is 12.4. The van der Waals surface area contributed by atoms with Gasteiger partial charge in [0.05, 0.1) is 11.2 Å². The van der Waals surface area contributed by atoms with Crippen molar-refractivity contribution in [1.82, 2.24) is 4.98 Å². The van der Waals surface area contributed by atoms with E-state index < -0.39 is 10.0 Å². The molecule has 2 aromatic heterocycles. The third-order valence-electron chi connectivity index (χ3n) is 3.08. The molecule has 0 saturated carbocycles. The van der Waals surface area contributed by atoms with Crippen molar-refractivity contribution in [2.75, 3.05) is 4.72 Å². The Kier molecular flexibility index (Phi) is 3.27. The number of sulfonamides is 1. The molecule has 0 amide bonds. The quantitative estimate of drug-likeness (QED) is 0.773. The zero-order valence-corrected chi connectivity index (χ0v) is 12.5. The highest BCUT2D eigenvalue weighted by molar-refractivity contribution is 7.94. The molecule has 0 bridgehead atoms. The number of hydrogen-bond acceptors (Lipinski definition) is 3. The Bertz CT molecular complexity index is 847. The number of aryl methyl sites for hydroxylation is 1. The van der Waals surface area contributed by atoms with Crippen LogP contribution in [0.4, 0.5) is 5.69 Å². The van der Waals surface area contributed by atoms with Crippen LogP contribution in [-0.2, 0) is 16.4 Å². The summed E-state index contributed by atoms with van der Waals surface area (Å²) in [7, 11) is -3.52. The number of thiophene rings is 1. The lowest BCUT2D eigenvalue weighted by atomic mass is 10.2. The summed E-state index contributed by atoms with van der Waals surface area (Å²) in [6.07, 6.45) is 2.63. The van der Waals surface area contributed by atoms with Gasteiger partial charge in [0.25, 0.3) is 10.0 Å². The van der Waals surface area contributed by atoms with E-state index in [4.69, 9.17) is 0 Å². The first kappa shape index (κ1) is 13.2. The van der Waals surface area contributed by atoms with Crippen LogP contribution in [0.5, 0.6) is 0 Å². The molecule has 104 valence electrons. The SMILES string of the molecule is CCc1ccc(S(=O)(=O)Nc2cccc3cc[nH]c23)s1. The number of hydrogen-bond donors (Lipinski definition) is 2. The van der Waals surface area contributed by atoms with Crippen LogP contribution in [0.2, 0.25) is 0 Å².